The van der Waals surface area contributed by atoms with E-state index in [2.05, 4.69) is 22.1 Å². The van der Waals surface area contributed by atoms with Gasteiger partial charge in [-0.2, -0.15) is 0 Å². The summed E-state index contributed by atoms with van der Waals surface area (Å²) in [6, 6.07) is 7.29. The fraction of sp³-hybridized carbons (Fsp3) is 0.182. The Morgan fingerprint density at radius 1 is 1.53 bits per heavy atom. The molecule has 0 bridgehead atoms. The SMILES string of the molecule is CC#COC(=O)NCc1ccccc1N. The lowest BCUT2D eigenvalue weighted by Crippen LogP contribution is -2.22. The third-order valence-electron chi connectivity index (χ3n) is 1.72. The second kappa shape index (κ2) is 5.55. The number of hydrogen-bond donors (Lipinski definition) is 2. The molecule has 0 fully saturated rings. The summed E-state index contributed by atoms with van der Waals surface area (Å²) in [5.41, 5.74) is 7.17. The van der Waals surface area contributed by atoms with Crippen molar-refractivity contribution in [1.29, 1.82) is 0 Å². The number of nitrogen functional groups attached to an aromatic ring is 1. The Morgan fingerprint density at radius 3 is 2.93 bits per heavy atom. The molecule has 1 rings (SSSR count). The zero-order valence-corrected chi connectivity index (χ0v) is 8.41. The number of carbonyl (C=O) groups is 1. The number of amides is 1. The molecule has 0 unspecified atom stereocenters. The van der Waals surface area contributed by atoms with Crippen LogP contribution in [0.25, 0.3) is 0 Å². The molecule has 0 atom stereocenters. The number of alkyl carbamates (subject to hydrolysis) is 1. The average molecular weight is 204 g/mol. The Hall–Kier alpha value is -2.15. The molecule has 0 aromatic heterocycles. The highest BCUT2D eigenvalue weighted by molar-refractivity contribution is 5.68. The van der Waals surface area contributed by atoms with E-state index < -0.39 is 6.09 Å². The van der Waals surface area contributed by atoms with Gasteiger partial charge in [0.05, 0.1) is 0 Å². The highest BCUT2D eigenvalue weighted by Gasteiger charge is 2.01. The molecule has 78 valence electrons. The lowest BCUT2D eigenvalue weighted by molar-refractivity contribution is 0.191. The number of hydrogen-bond acceptors (Lipinski definition) is 3. The van der Waals surface area contributed by atoms with E-state index in [1.807, 2.05) is 18.2 Å². The van der Waals surface area contributed by atoms with Crippen LogP contribution in [0.3, 0.4) is 0 Å². The van der Waals surface area contributed by atoms with Gasteiger partial charge in [0.15, 0.2) is 0 Å². The number of rotatable bonds is 2. The lowest BCUT2D eigenvalue weighted by Gasteiger charge is -2.05. The lowest BCUT2D eigenvalue weighted by atomic mass is 10.2. The van der Waals surface area contributed by atoms with Crippen LogP contribution < -0.4 is 11.1 Å². The number of carbonyl (C=O) groups excluding carboxylic acids is 1. The van der Waals surface area contributed by atoms with E-state index in [9.17, 15) is 4.79 Å². The molecule has 0 saturated heterocycles. The number of nitrogens with two attached hydrogens (primary N) is 1. The summed E-state index contributed by atoms with van der Waals surface area (Å²) < 4.78 is 4.50. The topological polar surface area (TPSA) is 64.3 Å². The molecule has 0 saturated carbocycles. The van der Waals surface area contributed by atoms with Crippen molar-refractivity contribution >= 4 is 11.8 Å². The van der Waals surface area contributed by atoms with Gasteiger partial charge in [-0.15, -0.1) is 0 Å². The van der Waals surface area contributed by atoms with Crippen molar-refractivity contribution < 1.29 is 9.53 Å². The second-order valence-corrected chi connectivity index (χ2v) is 2.79. The minimum absolute atomic E-state index is 0.330. The Bertz CT molecular complexity index is 405. The van der Waals surface area contributed by atoms with Crippen LogP contribution in [-0.4, -0.2) is 6.09 Å². The molecule has 0 aliphatic heterocycles. The van der Waals surface area contributed by atoms with Crippen LogP contribution in [0.15, 0.2) is 24.3 Å². The van der Waals surface area contributed by atoms with Crippen molar-refractivity contribution in [3.63, 3.8) is 0 Å². The van der Waals surface area contributed by atoms with Gasteiger partial charge in [-0.3, -0.25) is 0 Å². The van der Waals surface area contributed by atoms with E-state index in [1.54, 1.807) is 13.0 Å². The normalized spacial score (nSPS) is 8.60. The zero-order valence-electron chi connectivity index (χ0n) is 8.41. The largest absolute Gasteiger partial charge is 0.421 e. The van der Waals surface area contributed by atoms with Crippen LogP contribution in [0, 0.1) is 12.0 Å². The van der Waals surface area contributed by atoms with Crippen molar-refractivity contribution in [1.82, 2.24) is 5.32 Å². The summed E-state index contributed by atoms with van der Waals surface area (Å²) in [6.07, 6.45) is 1.63. The maximum atomic E-state index is 11.0. The van der Waals surface area contributed by atoms with Gasteiger partial charge >= 0.3 is 6.09 Å². The smallest absolute Gasteiger partial charge is 0.398 e. The maximum absolute atomic E-state index is 11.0. The van der Waals surface area contributed by atoms with E-state index in [1.165, 1.54) is 0 Å². The standard InChI is InChI=1S/C11H12N2O2/c1-2-7-15-11(14)13-8-9-5-3-4-6-10(9)12/h3-6H,8,12H2,1H3,(H,13,14). The molecule has 0 aliphatic carbocycles. The van der Waals surface area contributed by atoms with E-state index in [4.69, 9.17) is 5.73 Å². The third-order valence-corrected chi connectivity index (χ3v) is 1.72. The summed E-state index contributed by atoms with van der Waals surface area (Å²) in [4.78, 5) is 11.0. The highest BCUT2D eigenvalue weighted by Crippen LogP contribution is 2.09. The molecule has 1 aromatic rings. The van der Waals surface area contributed by atoms with Crippen molar-refractivity contribution in [3.8, 4) is 12.0 Å². The van der Waals surface area contributed by atoms with Gasteiger partial charge in [0.2, 0.25) is 0 Å². The zero-order chi connectivity index (χ0) is 11.1. The van der Waals surface area contributed by atoms with E-state index in [-0.39, 0.29) is 0 Å². The summed E-state index contributed by atoms with van der Waals surface area (Å²) in [5.74, 6) is 2.45. The Labute approximate surface area is 88.4 Å². The van der Waals surface area contributed by atoms with Gasteiger partial charge in [-0.05, 0) is 11.6 Å². The molecular formula is C11H12N2O2. The second-order valence-electron chi connectivity index (χ2n) is 2.79. The van der Waals surface area contributed by atoms with Crippen molar-refractivity contribution in [2.75, 3.05) is 5.73 Å². The quantitative estimate of drug-likeness (QED) is 0.566. The van der Waals surface area contributed by atoms with Gasteiger partial charge in [0.25, 0.3) is 0 Å². The number of ether oxygens (including phenoxy) is 1. The van der Waals surface area contributed by atoms with Crippen LogP contribution in [-0.2, 0) is 11.3 Å². The van der Waals surface area contributed by atoms with E-state index >= 15 is 0 Å². The first-order chi connectivity index (χ1) is 7.24. The molecule has 0 aliphatic rings. The molecule has 0 heterocycles. The van der Waals surface area contributed by atoms with Gasteiger partial charge in [0.1, 0.15) is 6.11 Å². The highest BCUT2D eigenvalue weighted by atomic mass is 16.5. The van der Waals surface area contributed by atoms with Crippen LogP contribution in [0.2, 0.25) is 0 Å². The fourth-order valence-corrected chi connectivity index (χ4v) is 0.996. The predicted molar refractivity (Wildman–Crippen MR) is 57.6 cm³/mol. The molecule has 0 spiro atoms. The van der Waals surface area contributed by atoms with Crippen molar-refractivity contribution in [2.24, 2.45) is 0 Å². The Kier molecular flexibility index (Phi) is 4.05. The molecule has 1 aromatic carbocycles. The summed E-state index contributed by atoms with van der Waals surface area (Å²) in [5, 5.41) is 2.53. The van der Waals surface area contributed by atoms with E-state index in [0.29, 0.717) is 12.2 Å². The molecular weight excluding hydrogens is 192 g/mol. The van der Waals surface area contributed by atoms with Gasteiger partial charge in [-0.25, -0.2) is 4.79 Å². The monoisotopic (exact) mass is 204 g/mol. The first-order valence-corrected chi connectivity index (χ1v) is 4.44. The average Bonchev–Trinajstić information content (AvgIpc) is 2.25. The fourth-order valence-electron chi connectivity index (χ4n) is 0.996. The van der Waals surface area contributed by atoms with Crippen LogP contribution in [0.5, 0.6) is 0 Å². The minimum Gasteiger partial charge on any atom is -0.398 e. The summed E-state index contributed by atoms with van der Waals surface area (Å²) in [6.45, 7) is 1.92. The maximum Gasteiger partial charge on any atom is 0.421 e. The molecule has 4 heteroatoms. The van der Waals surface area contributed by atoms with Gasteiger partial charge in [0, 0.05) is 19.2 Å². The Morgan fingerprint density at radius 2 is 2.27 bits per heavy atom. The number of para-hydroxylation sites is 1. The first-order valence-electron chi connectivity index (χ1n) is 4.44. The molecule has 1 amide bonds. The first kappa shape index (κ1) is 10.9. The van der Waals surface area contributed by atoms with Crippen LogP contribution >= 0.6 is 0 Å². The number of anilines is 1. The van der Waals surface area contributed by atoms with Crippen LogP contribution in [0.4, 0.5) is 10.5 Å². The van der Waals surface area contributed by atoms with Gasteiger partial charge < -0.3 is 15.8 Å². The van der Waals surface area contributed by atoms with Crippen LogP contribution in [0.1, 0.15) is 12.5 Å². The van der Waals surface area contributed by atoms with Gasteiger partial charge in [-0.1, -0.05) is 24.1 Å². The molecule has 15 heavy (non-hydrogen) atoms. The molecule has 0 radical (unpaired) electrons. The summed E-state index contributed by atoms with van der Waals surface area (Å²) in [7, 11) is 0. The summed E-state index contributed by atoms with van der Waals surface area (Å²) >= 11 is 0. The number of nitrogens with one attached hydrogen (secondary N) is 1. The predicted octanol–water partition coefficient (Wildman–Crippen LogP) is 1.48. The number of benzene rings is 1. The van der Waals surface area contributed by atoms with Crippen molar-refractivity contribution in [3.05, 3.63) is 29.8 Å². The van der Waals surface area contributed by atoms with E-state index in [0.717, 1.165) is 5.56 Å². The Balaban J connectivity index is 2.46. The molecule has 4 nitrogen and oxygen atoms in total. The molecule has 3 N–H and O–H groups in total. The van der Waals surface area contributed by atoms with Crippen molar-refractivity contribution in [2.45, 2.75) is 13.5 Å². The minimum atomic E-state index is -0.576. The third kappa shape index (κ3) is 3.61.